The number of rotatable bonds is 3. The smallest absolute Gasteiger partial charge is 0.324 e. The number of hydrogen-bond acceptors (Lipinski definition) is 4. The van der Waals surface area contributed by atoms with Gasteiger partial charge >= 0.3 is 6.03 Å². The third-order valence-corrected chi connectivity index (χ3v) is 2.97. The maximum atomic E-state index is 11.9. The number of urea groups is 1. The number of oxime groups is 1. The highest BCUT2D eigenvalue weighted by atomic mass is 16.6. The maximum absolute atomic E-state index is 11.9. The number of amidine groups is 1. The summed E-state index contributed by atoms with van der Waals surface area (Å²) in [4.78, 5) is 16.9. The first-order chi connectivity index (χ1) is 9.45. The molecule has 2 heterocycles. The van der Waals surface area contributed by atoms with Crippen LogP contribution in [-0.2, 0) is 11.4 Å². The number of nitrogens with zero attached hydrogens (tertiary/aromatic N) is 3. The Hall–Kier alpha value is -2.05. The number of hydrogen-bond donors (Lipinski definition) is 2. The summed E-state index contributed by atoms with van der Waals surface area (Å²) in [6, 6.07) is -0.325. The second-order valence-corrected chi connectivity index (χ2v) is 5.46. The summed E-state index contributed by atoms with van der Waals surface area (Å²) in [5, 5.41) is 13.5. The van der Waals surface area contributed by atoms with Crippen LogP contribution in [0.5, 0.6) is 0 Å². The normalized spacial score (nSPS) is 17.9. The molecular formula is C13H21N5O2. The van der Waals surface area contributed by atoms with Gasteiger partial charge in [0.15, 0.2) is 5.84 Å². The van der Waals surface area contributed by atoms with Crippen molar-refractivity contribution in [2.45, 2.75) is 46.8 Å². The number of carbonyl (C=O) groups excluding carboxylic acids is 1. The number of anilines is 1. The molecule has 0 spiro atoms. The van der Waals surface area contributed by atoms with E-state index in [0.717, 1.165) is 12.2 Å². The summed E-state index contributed by atoms with van der Waals surface area (Å²) >= 11 is 0. The van der Waals surface area contributed by atoms with Gasteiger partial charge in [-0.1, -0.05) is 19.0 Å². The molecule has 1 unspecified atom stereocenters. The Kier molecular flexibility index (Phi) is 4.26. The Morgan fingerprint density at radius 3 is 2.90 bits per heavy atom. The Labute approximate surface area is 118 Å². The Morgan fingerprint density at radius 1 is 1.55 bits per heavy atom. The van der Waals surface area contributed by atoms with E-state index < -0.39 is 0 Å². The average molecular weight is 279 g/mol. The van der Waals surface area contributed by atoms with Gasteiger partial charge in [-0.2, -0.15) is 5.10 Å². The van der Waals surface area contributed by atoms with Gasteiger partial charge in [0, 0.05) is 13.0 Å². The zero-order valence-electron chi connectivity index (χ0n) is 12.3. The molecule has 1 aliphatic rings. The molecule has 110 valence electrons. The molecule has 0 aliphatic carbocycles. The van der Waals surface area contributed by atoms with Gasteiger partial charge in [-0.05, 0) is 19.8 Å². The first kappa shape index (κ1) is 14.4. The maximum Gasteiger partial charge on any atom is 0.324 e. The summed E-state index contributed by atoms with van der Waals surface area (Å²) in [6.07, 6.45) is 2.28. The van der Waals surface area contributed by atoms with Gasteiger partial charge in [-0.25, -0.2) is 4.79 Å². The van der Waals surface area contributed by atoms with Crippen molar-refractivity contribution in [2.75, 3.05) is 5.32 Å². The van der Waals surface area contributed by atoms with E-state index >= 15 is 0 Å². The van der Waals surface area contributed by atoms with Gasteiger partial charge in [-0.3, -0.25) is 10.00 Å². The Bertz CT molecular complexity index is 521. The lowest BCUT2D eigenvalue weighted by atomic mass is 10.2. The molecule has 1 aliphatic heterocycles. The van der Waals surface area contributed by atoms with Crippen LogP contribution in [0.3, 0.4) is 0 Å². The fourth-order valence-electron chi connectivity index (χ4n) is 1.96. The number of carbonyl (C=O) groups is 1. The summed E-state index contributed by atoms with van der Waals surface area (Å²) in [7, 11) is 0. The molecule has 0 radical (unpaired) electrons. The van der Waals surface area contributed by atoms with Crippen molar-refractivity contribution in [3.05, 3.63) is 11.9 Å². The molecule has 1 aromatic rings. The zero-order valence-corrected chi connectivity index (χ0v) is 12.3. The molecule has 7 nitrogen and oxygen atoms in total. The van der Waals surface area contributed by atoms with E-state index in [-0.39, 0.29) is 12.1 Å². The highest BCUT2D eigenvalue weighted by Gasteiger charge is 2.19. The van der Waals surface area contributed by atoms with Gasteiger partial charge in [0.1, 0.15) is 6.10 Å². The van der Waals surface area contributed by atoms with E-state index in [9.17, 15) is 4.79 Å². The van der Waals surface area contributed by atoms with Crippen LogP contribution < -0.4 is 10.6 Å². The highest BCUT2D eigenvalue weighted by molar-refractivity contribution is 6.03. The van der Waals surface area contributed by atoms with Crippen LogP contribution in [0.15, 0.2) is 11.4 Å². The minimum atomic E-state index is -0.325. The SMILES string of the molecule is Cc1c(NC(=O)NC2=NOC(C)C2)cnn1CC(C)C. The predicted octanol–water partition coefficient (Wildman–Crippen LogP) is 2.09. The number of amides is 2. The minimum Gasteiger partial charge on any atom is -0.391 e. The predicted molar refractivity (Wildman–Crippen MR) is 76.6 cm³/mol. The number of aromatic nitrogens is 2. The van der Waals surface area contributed by atoms with E-state index in [2.05, 4.69) is 34.7 Å². The molecule has 7 heteroatoms. The molecule has 20 heavy (non-hydrogen) atoms. The molecule has 1 atom stereocenters. The molecule has 2 rings (SSSR count). The van der Waals surface area contributed by atoms with Gasteiger partial charge in [-0.15, -0.1) is 0 Å². The molecule has 0 saturated carbocycles. The van der Waals surface area contributed by atoms with Crippen molar-refractivity contribution < 1.29 is 9.63 Å². The fourth-order valence-corrected chi connectivity index (χ4v) is 1.96. The van der Waals surface area contributed by atoms with E-state index in [0.29, 0.717) is 23.9 Å². The fraction of sp³-hybridized carbons (Fsp3) is 0.615. The lowest BCUT2D eigenvalue weighted by Crippen LogP contribution is -2.34. The first-order valence-corrected chi connectivity index (χ1v) is 6.78. The van der Waals surface area contributed by atoms with E-state index in [1.54, 1.807) is 6.20 Å². The lowest BCUT2D eigenvalue weighted by molar-refractivity contribution is 0.0995. The van der Waals surface area contributed by atoms with Crippen LogP contribution in [0.25, 0.3) is 0 Å². The van der Waals surface area contributed by atoms with E-state index in [1.807, 2.05) is 18.5 Å². The standard InChI is InChI=1S/C13H21N5O2/c1-8(2)7-18-10(4)11(6-14-18)15-13(19)16-12-5-9(3)20-17-12/h6,8-9H,5,7H2,1-4H3,(H2,15,16,17,19). The molecule has 0 aromatic carbocycles. The van der Waals surface area contributed by atoms with Crippen LogP contribution in [0.2, 0.25) is 0 Å². The summed E-state index contributed by atoms with van der Waals surface area (Å²) in [5.74, 6) is 1.05. The van der Waals surface area contributed by atoms with Crippen molar-refractivity contribution >= 4 is 17.6 Å². The van der Waals surface area contributed by atoms with Gasteiger partial charge in [0.25, 0.3) is 0 Å². The van der Waals surface area contributed by atoms with Crippen molar-refractivity contribution in [3.8, 4) is 0 Å². The van der Waals surface area contributed by atoms with E-state index in [1.165, 1.54) is 0 Å². The quantitative estimate of drug-likeness (QED) is 0.889. The first-order valence-electron chi connectivity index (χ1n) is 6.78. The van der Waals surface area contributed by atoms with Gasteiger partial charge in [0.2, 0.25) is 0 Å². The summed E-state index contributed by atoms with van der Waals surface area (Å²) in [6.45, 7) is 8.91. The third kappa shape index (κ3) is 3.49. The molecular weight excluding hydrogens is 258 g/mol. The van der Waals surface area contributed by atoms with Crippen LogP contribution in [-0.4, -0.2) is 27.8 Å². The molecule has 2 amide bonds. The van der Waals surface area contributed by atoms with Crippen molar-refractivity contribution in [3.63, 3.8) is 0 Å². The molecule has 0 saturated heterocycles. The number of nitrogens with one attached hydrogen (secondary N) is 2. The second-order valence-electron chi connectivity index (χ2n) is 5.46. The zero-order chi connectivity index (χ0) is 14.7. The Morgan fingerprint density at radius 2 is 2.30 bits per heavy atom. The molecule has 2 N–H and O–H groups in total. The van der Waals surface area contributed by atoms with Gasteiger partial charge < -0.3 is 10.2 Å². The van der Waals surface area contributed by atoms with E-state index in [4.69, 9.17) is 4.84 Å². The van der Waals surface area contributed by atoms with Crippen LogP contribution in [0, 0.1) is 12.8 Å². The lowest BCUT2D eigenvalue weighted by Gasteiger charge is -2.09. The monoisotopic (exact) mass is 279 g/mol. The second kappa shape index (κ2) is 5.94. The molecule has 0 fully saturated rings. The van der Waals surface area contributed by atoms with Crippen LogP contribution in [0.4, 0.5) is 10.5 Å². The largest absolute Gasteiger partial charge is 0.391 e. The minimum absolute atomic E-state index is 0.0147. The van der Waals surface area contributed by atoms with Crippen LogP contribution in [0.1, 0.15) is 32.9 Å². The average Bonchev–Trinajstić information content (AvgIpc) is 2.89. The van der Waals surface area contributed by atoms with Crippen molar-refractivity contribution in [2.24, 2.45) is 11.1 Å². The van der Waals surface area contributed by atoms with Crippen molar-refractivity contribution in [1.29, 1.82) is 0 Å². The Balaban J connectivity index is 1.93. The third-order valence-electron chi connectivity index (χ3n) is 2.97. The molecule has 1 aromatic heterocycles. The topological polar surface area (TPSA) is 80.5 Å². The highest BCUT2D eigenvalue weighted by Crippen LogP contribution is 2.15. The van der Waals surface area contributed by atoms with Crippen molar-refractivity contribution in [1.82, 2.24) is 15.1 Å². The molecule has 0 bridgehead atoms. The summed E-state index contributed by atoms with van der Waals surface area (Å²) < 4.78 is 1.89. The van der Waals surface area contributed by atoms with Crippen LogP contribution >= 0.6 is 0 Å². The summed E-state index contributed by atoms with van der Waals surface area (Å²) in [5.41, 5.74) is 1.64. The van der Waals surface area contributed by atoms with Gasteiger partial charge in [0.05, 0.1) is 17.6 Å².